The van der Waals surface area contributed by atoms with Crippen molar-refractivity contribution in [3.63, 3.8) is 0 Å². The first-order valence-electron chi connectivity index (χ1n) is 10.5. The van der Waals surface area contributed by atoms with Crippen LogP contribution in [0.4, 0.5) is 0 Å². The molecule has 2 nitrogen and oxygen atoms in total. The van der Waals surface area contributed by atoms with Gasteiger partial charge >= 0.3 is 195 Å². The second kappa shape index (κ2) is 9.51. The Morgan fingerprint density at radius 1 is 0.515 bits per heavy atom. The topological polar surface area (TPSA) is 25.8 Å². The van der Waals surface area contributed by atoms with E-state index < -0.39 is 23.2 Å². The number of halogens is 2. The summed E-state index contributed by atoms with van der Waals surface area (Å²) < 4.78 is -0.332. The van der Waals surface area contributed by atoms with Gasteiger partial charge in [0.2, 0.25) is 0 Å². The molecule has 2 aromatic carbocycles. The van der Waals surface area contributed by atoms with Crippen LogP contribution in [0.5, 0.6) is 0 Å². The number of aromatic nitrogens is 2. The Hall–Kier alpha value is -2.32. The molecule has 33 heavy (non-hydrogen) atoms. The SMILES string of the molecule is C1=C[C]([Zr][C]2(c3ccccn3)C=Cc3ccccc32)(c2ccccn2)c2ccccc21.Cl.Cl. The van der Waals surface area contributed by atoms with E-state index in [1.807, 2.05) is 24.5 Å². The summed E-state index contributed by atoms with van der Waals surface area (Å²) in [6.45, 7) is 0. The Kier molecular flexibility index (Phi) is 6.86. The van der Waals surface area contributed by atoms with Crippen LogP contribution in [-0.4, -0.2) is 9.97 Å². The third-order valence-corrected chi connectivity index (χ3v) is 11.7. The summed E-state index contributed by atoms with van der Waals surface area (Å²) in [5.74, 6) is 0. The van der Waals surface area contributed by atoms with Crippen LogP contribution < -0.4 is 0 Å². The number of fused-ring (bicyclic) bond motifs is 2. The van der Waals surface area contributed by atoms with Crippen LogP contribution in [-0.2, 0) is 29.5 Å². The smallest absolute Gasteiger partial charge is 0.147 e. The fourth-order valence-corrected chi connectivity index (χ4v) is 10.4. The molecule has 0 bridgehead atoms. The number of hydrogen-bond donors (Lipinski definition) is 0. The third kappa shape index (κ3) is 3.77. The van der Waals surface area contributed by atoms with Crippen molar-refractivity contribution in [2.45, 2.75) is 6.25 Å². The van der Waals surface area contributed by atoms with Crippen LogP contribution in [0.25, 0.3) is 12.2 Å². The third-order valence-electron chi connectivity index (χ3n) is 6.33. The van der Waals surface area contributed by atoms with Gasteiger partial charge in [0, 0.05) is 0 Å². The van der Waals surface area contributed by atoms with E-state index in [1.165, 1.54) is 22.3 Å². The standard InChI is InChI=1S/2C14H10N.2ClH.Zr/c2*1-2-6-12-11(5-1)8-9-13(12)14-7-3-4-10-15-14;;;/h2*1-10H;2*1H;. The predicted molar refractivity (Wildman–Crippen MR) is 135 cm³/mol. The number of allylic oxidation sites excluding steroid dienone is 2. The molecule has 0 spiro atoms. The molecule has 0 aliphatic heterocycles. The number of rotatable bonds is 4. The van der Waals surface area contributed by atoms with Gasteiger partial charge in [-0.3, -0.25) is 0 Å². The Labute approximate surface area is 218 Å². The van der Waals surface area contributed by atoms with Gasteiger partial charge in [-0.1, -0.05) is 0 Å². The van der Waals surface area contributed by atoms with Crippen molar-refractivity contribution in [2.24, 2.45) is 0 Å². The molecular formula is C28H22Cl2N2Zr. The van der Waals surface area contributed by atoms with Gasteiger partial charge in [-0.15, -0.1) is 24.8 Å². The monoisotopic (exact) mass is 546 g/mol. The van der Waals surface area contributed by atoms with E-state index in [-0.39, 0.29) is 31.1 Å². The molecule has 162 valence electrons. The van der Waals surface area contributed by atoms with Gasteiger partial charge in [0.15, 0.2) is 0 Å². The van der Waals surface area contributed by atoms with Crippen LogP contribution in [0.2, 0.25) is 0 Å². The molecule has 0 saturated carbocycles. The quantitative estimate of drug-likeness (QED) is 0.286. The summed E-state index contributed by atoms with van der Waals surface area (Å²) in [5.41, 5.74) is 7.68. The van der Waals surface area contributed by atoms with E-state index in [0.717, 1.165) is 11.4 Å². The summed E-state index contributed by atoms with van der Waals surface area (Å²) in [7, 11) is 0. The molecule has 5 heteroatoms. The maximum Gasteiger partial charge on any atom is -0.147 e. The van der Waals surface area contributed by atoms with Gasteiger partial charge in [0.1, 0.15) is 0 Å². The molecule has 6 rings (SSSR count). The minimum atomic E-state index is -1.36. The summed E-state index contributed by atoms with van der Waals surface area (Å²) in [6.07, 6.45) is 13.3. The normalized spacial score (nSPS) is 21.5. The summed E-state index contributed by atoms with van der Waals surface area (Å²) >= 11 is -1.36. The summed E-state index contributed by atoms with van der Waals surface area (Å²) in [4.78, 5) is 9.80. The van der Waals surface area contributed by atoms with Crippen molar-refractivity contribution in [1.82, 2.24) is 9.97 Å². The number of pyridine rings is 2. The van der Waals surface area contributed by atoms with Crippen molar-refractivity contribution in [3.05, 3.63) is 143 Å². The predicted octanol–water partition coefficient (Wildman–Crippen LogP) is 6.64. The molecule has 2 aliphatic carbocycles. The summed E-state index contributed by atoms with van der Waals surface area (Å²) in [6, 6.07) is 30.3. The van der Waals surface area contributed by atoms with Crippen molar-refractivity contribution < 1.29 is 23.2 Å². The van der Waals surface area contributed by atoms with E-state index in [9.17, 15) is 0 Å². The number of hydrogen-bond acceptors (Lipinski definition) is 2. The van der Waals surface area contributed by atoms with Gasteiger partial charge in [-0.25, -0.2) is 0 Å². The van der Waals surface area contributed by atoms with E-state index in [1.54, 1.807) is 0 Å². The molecule has 4 aromatic rings. The maximum absolute atomic E-state index is 4.90. The fourth-order valence-electron chi connectivity index (χ4n) is 4.91. The van der Waals surface area contributed by atoms with Gasteiger partial charge < -0.3 is 0 Å². The molecule has 2 heterocycles. The zero-order valence-electron chi connectivity index (χ0n) is 17.8. The van der Waals surface area contributed by atoms with Crippen LogP contribution in [0.1, 0.15) is 33.6 Å². The summed E-state index contributed by atoms with van der Waals surface area (Å²) in [5, 5.41) is 0. The van der Waals surface area contributed by atoms with Gasteiger partial charge in [-0.05, 0) is 0 Å². The number of nitrogens with zero attached hydrogens (tertiary/aromatic N) is 2. The molecule has 0 fully saturated rings. The van der Waals surface area contributed by atoms with Crippen LogP contribution in [0.3, 0.4) is 0 Å². The second-order valence-corrected chi connectivity index (χ2v) is 12.5. The Morgan fingerprint density at radius 2 is 0.939 bits per heavy atom. The minimum Gasteiger partial charge on any atom is -0.147 e. The molecule has 2 aromatic heterocycles. The molecular weight excluding hydrogens is 526 g/mol. The molecule has 0 amide bonds. The zero-order chi connectivity index (χ0) is 20.7. The molecule has 0 saturated heterocycles. The van der Waals surface area contributed by atoms with Crippen LogP contribution in [0.15, 0.2) is 109 Å². The Balaban J connectivity index is 0.00000130. The van der Waals surface area contributed by atoms with Crippen LogP contribution >= 0.6 is 24.8 Å². The van der Waals surface area contributed by atoms with Crippen molar-refractivity contribution in [2.75, 3.05) is 0 Å². The first kappa shape index (κ1) is 23.8. The minimum absolute atomic E-state index is 0. The molecule has 2 atom stereocenters. The molecule has 2 unspecified atom stereocenters. The average Bonchev–Trinajstić information content (AvgIpc) is 3.41. The van der Waals surface area contributed by atoms with Crippen molar-refractivity contribution in [3.8, 4) is 0 Å². The van der Waals surface area contributed by atoms with E-state index in [4.69, 9.17) is 9.97 Å². The van der Waals surface area contributed by atoms with E-state index in [2.05, 4.69) is 97.1 Å². The van der Waals surface area contributed by atoms with Gasteiger partial charge in [-0.2, -0.15) is 0 Å². The molecule has 0 N–H and O–H groups in total. The Morgan fingerprint density at radius 3 is 1.36 bits per heavy atom. The Bertz CT molecular complexity index is 1220. The van der Waals surface area contributed by atoms with Crippen molar-refractivity contribution in [1.29, 1.82) is 0 Å². The zero-order valence-corrected chi connectivity index (χ0v) is 21.8. The maximum atomic E-state index is 4.90. The van der Waals surface area contributed by atoms with Crippen LogP contribution in [0, 0.1) is 0 Å². The first-order valence-corrected chi connectivity index (χ1v) is 13.0. The van der Waals surface area contributed by atoms with E-state index in [0.29, 0.717) is 0 Å². The second-order valence-electron chi connectivity index (χ2n) is 8.01. The average molecular weight is 549 g/mol. The van der Waals surface area contributed by atoms with E-state index >= 15 is 0 Å². The first-order chi connectivity index (χ1) is 15.3. The van der Waals surface area contributed by atoms with Gasteiger partial charge in [0.25, 0.3) is 0 Å². The molecule has 2 aliphatic rings. The fraction of sp³-hybridized carbons (Fsp3) is 0.0714. The molecule has 0 radical (unpaired) electrons. The largest absolute Gasteiger partial charge is 0.147 e. The van der Waals surface area contributed by atoms with Crippen molar-refractivity contribution >= 4 is 37.0 Å². The number of benzene rings is 2. The van der Waals surface area contributed by atoms with Gasteiger partial charge in [0.05, 0.1) is 0 Å².